The first-order chi connectivity index (χ1) is 19.3. The zero-order chi connectivity index (χ0) is 28.3. The number of rotatable bonds is 10. The van der Waals surface area contributed by atoms with Gasteiger partial charge in [-0.15, -0.1) is 5.10 Å². The van der Waals surface area contributed by atoms with Gasteiger partial charge in [-0.05, 0) is 89.5 Å². The van der Waals surface area contributed by atoms with E-state index in [9.17, 15) is 9.18 Å². The zero-order valence-corrected chi connectivity index (χ0v) is 23.4. The van der Waals surface area contributed by atoms with Crippen LogP contribution in [-0.4, -0.2) is 30.1 Å². The maximum Gasteiger partial charge on any atom is 0.253 e. The lowest BCUT2D eigenvalue weighted by Gasteiger charge is -2.33. The van der Waals surface area contributed by atoms with Crippen LogP contribution < -0.4 is 5.56 Å². The van der Waals surface area contributed by atoms with Crippen molar-refractivity contribution in [3.8, 4) is 0 Å². The van der Waals surface area contributed by atoms with Crippen molar-refractivity contribution in [2.24, 2.45) is 0 Å². The Morgan fingerprint density at radius 2 is 1.60 bits per heavy atom. The van der Waals surface area contributed by atoms with Crippen LogP contribution in [0.5, 0.6) is 0 Å². The molecule has 8 heteroatoms. The van der Waals surface area contributed by atoms with Crippen molar-refractivity contribution in [1.29, 1.82) is 0 Å². The Kier molecular flexibility index (Phi) is 7.89. The third-order valence-electron chi connectivity index (χ3n) is 7.71. The average Bonchev–Trinajstić information content (AvgIpc) is 3.45. The van der Waals surface area contributed by atoms with Crippen molar-refractivity contribution in [1.82, 2.24) is 30.1 Å². The number of tetrazole rings is 1. The van der Waals surface area contributed by atoms with Crippen molar-refractivity contribution in [2.75, 3.05) is 0 Å². The van der Waals surface area contributed by atoms with Gasteiger partial charge >= 0.3 is 0 Å². The van der Waals surface area contributed by atoms with Crippen LogP contribution in [0.3, 0.4) is 0 Å². The van der Waals surface area contributed by atoms with Crippen molar-refractivity contribution >= 4 is 10.9 Å². The van der Waals surface area contributed by atoms with E-state index in [4.69, 9.17) is 0 Å². The molecule has 2 aromatic heterocycles. The van der Waals surface area contributed by atoms with Gasteiger partial charge in [0.2, 0.25) is 0 Å². The van der Waals surface area contributed by atoms with E-state index in [1.807, 2.05) is 41.1 Å². The molecule has 3 aromatic carbocycles. The summed E-state index contributed by atoms with van der Waals surface area (Å²) in [5.74, 6) is 0.294. The summed E-state index contributed by atoms with van der Waals surface area (Å²) >= 11 is 0. The van der Waals surface area contributed by atoms with Crippen molar-refractivity contribution in [2.45, 2.75) is 65.2 Å². The highest BCUT2D eigenvalue weighted by molar-refractivity contribution is 5.80. The molecule has 0 aliphatic rings. The Hall–Kier alpha value is -4.17. The summed E-state index contributed by atoms with van der Waals surface area (Å²) in [6.45, 7) is 9.35. The molecule has 0 amide bonds. The lowest BCUT2D eigenvalue weighted by molar-refractivity contribution is 0.180. The van der Waals surface area contributed by atoms with Crippen LogP contribution in [0.4, 0.5) is 4.39 Å². The second-order valence-corrected chi connectivity index (χ2v) is 10.9. The van der Waals surface area contributed by atoms with Crippen LogP contribution in [0, 0.1) is 5.82 Å². The Bertz CT molecular complexity index is 1640. The second-order valence-electron chi connectivity index (χ2n) is 10.9. The normalized spacial score (nSPS) is 12.8. The highest BCUT2D eigenvalue weighted by Crippen LogP contribution is 2.33. The predicted octanol–water partition coefficient (Wildman–Crippen LogP) is 6.15. The van der Waals surface area contributed by atoms with Crippen LogP contribution in [0.1, 0.15) is 68.2 Å². The number of nitrogens with one attached hydrogen (secondary N) is 1. The fourth-order valence-corrected chi connectivity index (χ4v) is 5.02. The van der Waals surface area contributed by atoms with Gasteiger partial charge in [-0.1, -0.05) is 62.4 Å². The van der Waals surface area contributed by atoms with Crippen LogP contribution in [-0.2, 0) is 25.0 Å². The third kappa shape index (κ3) is 5.72. The molecule has 5 rings (SSSR count). The maximum absolute atomic E-state index is 13.8. The van der Waals surface area contributed by atoms with E-state index in [0.717, 1.165) is 34.9 Å². The quantitative estimate of drug-likeness (QED) is 0.231. The lowest BCUT2D eigenvalue weighted by Crippen LogP contribution is -2.38. The second kappa shape index (κ2) is 11.5. The molecule has 7 nitrogen and oxygen atoms in total. The number of aryl methyl sites for hydroxylation is 1. The van der Waals surface area contributed by atoms with Crippen molar-refractivity contribution in [3.63, 3.8) is 0 Å². The number of hydrogen-bond donors (Lipinski definition) is 1. The predicted molar refractivity (Wildman–Crippen MR) is 155 cm³/mol. The fraction of sp³-hybridized carbons (Fsp3) is 0.312. The monoisotopic (exact) mass is 538 g/mol. The largest absolute Gasteiger partial charge is 0.322 e. The van der Waals surface area contributed by atoms with Gasteiger partial charge in [0.05, 0.1) is 5.54 Å². The third-order valence-corrected chi connectivity index (χ3v) is 7.71. The van der Waals surface area contributed by atoms with Gasteiger partial charge in [0.1, 0.15) is 11.9 Å². The standard InChI is InChI=1S/C32H35FN6O/c1-5-22-14-17-28-25(18-22)19-27(31(40)34-28)29(30-35-36-37-39(30)32(3,4)6-2)38(20-23-10-8-7-9-11-23)21-24-12-15-26(33)16-13-24/h7-19,29H,5-6,20-21H2,1-4H3,(H,34,40)/t29-/m1/s1. The molecule has 2 heterocycles. The van der Waals surface area contributed by atoms with Gasteiger partial charge in [0.15, 0.2) is 5.82 Å². The number of pyridine rings is 1. The number of H-pyrrole nitrogens is 1. The number of aromatic amines is 1. The number of halogens is 1. The fourth-order valence-electron chi connectivity index (χ4n) is 5.02. The van der Waals surface area contributed by atoms with E-state index in [-0.39, 0.29) is 16.9 Å². The molecule has 40 heavy (non-hydrogen) atoms. The first-order valence-electron chi connectivity index (χ1n) is 13.8. The van der Waals surface area contributed by atoms with E-state index in [0.29, 0.717) is 24.5 Å². The Morgan fingerprint density at radius 1 is 0.925 bits per heavy atom. The molecule has 1 atom stereocenters. The Balaban J connectivity index is 1.74. The maximum atomic E-state index is 13.8. The van der Waals surface area contributed by atoms with Gasteiger partial charge in [0, 0.05) is 24.2 Å². The van der Waals surface area contributed by atoms with E-state index < -0.39 is 6.04 Å². The summed E-state index contributed by atoms with van der Waals surface area (Å²) in [7, 11) is 0. The molecule has 1 N–H and O–H groups in total. The minimum absolute atomic E-state index is 0.192. The van der Waals surface area contributed by atoms with Gasteiger partial charge < -0.3 is 4.98 Å². The molecule has 0 aliphatic heterocycles. The summed E-state index contributed by atoms with van der Waals surface area (Å²) in [4.78, 5) is 19.1. The topological polar surface area (TPSA) is 79.7 Å². The molecule has 5 aromatic rings. The number of benzene rings is 3. The zero-order valence-electron chi connectivity index (χ0n) is 23.4. The first-order valence-corrected chi connectivity index (χ1v) is 13.8. The summed E-state index contributed by atoms with van der Waals surface area (Å²) in [6, 6.07) is 24.1. The molecule has 0 bridgehead atoms. The SMILES string of the molecule is CCc1ccc2[nH]c(=O)c([C@H](c3nnnn3C(C)(C)CC)N(Cc3ccccc3)Cc3ccc(F)cc3)cc2c1. The van der Waals surface area contributed by atoms with Crippen molar-refractivity contribution < 1.29 is 4.39 Å². The number of hydrogen-bond acceptors (Lipinski definition) is 5. The Morgan fingerprint density at radius 3 is 2.27 bits per heavy atom. The summed E-state index contributed by atoms with van der Waals surface area (Å²) in [5, 5.41) is 14.0. The van der Waals surface area contributed by atoms with E-state index in [1.54, 1.807) is 12.1 Å². The Labute approximate surface area is 233 Å². The lowest BCUT2D eigenvalue weighted by atomic mass is 9.98. The van der Waals surface area contributed by atoms with Crippen LogP contribution in [0.25, 0.3) is 10.9 Å². The minimum Gasteiger partial charge on any atom is -0.322 e. The highest BCUT2D eigenvalue weighted by Gasteiger charge is 2.34. The van der Waals surface area contributed by atoms with Crippen LogP contribution >= 0.6 is 0 Å². The smallest absolute Gasteiger partial charge is 0.253 e. The van der Waals surface area contributed by atoms with E-state index in [1.165, 1.54) is 17.7 Å². The molecule has 0 fully saturated rings. The molecule has 206 valence electrons. The average molecular weight is 539 g/mol. The number of nitrogens with zero attached hydrogens (tertiary/aromatic N) is 5. The number of fused-ring (bicyclic) bond motifs is 1. The molecular formula is C32H35FN6O. The summed E-state index contributed by atoms with van der Waals surface area (Å²) in [5.41, 5.74) is 3.95. The van der Waals surface area contributed by atoms with Gasteiger partial charge in [-0.25, -0.2) is 9.07 Å². The molecular weight excluding hydrogens is 503 g/mol. The molecule has 0 saturated heterocycles. The summed E-state index contributed by atoms with van der Waals surface area (Å²) < 4.78 is 15.7. The molecule has 0 unspecified atom stereocenters. The molecule has 0 saturated carbocycles. The van der Waals surface area contributed by atoms with Crippen molar-refractivity contribution in [3.05, 3.63) is 123 Å². The van der Waals surface area contributed by atoms with Gasteiger partial charge in [0.25, 0.3) is 5.56 Å². The molecule has 0 radical (unpaired) electrons. The van der Waals surface area contributed by atoms with Crippen LogP contribution in [0.15, 0.2) is 83.7 Å². The first kappa shape index (κ1) is 27.4. The van der Waals surface area contributed by atoms with Crippen LogP contribution in [0.2, 0.25) is 0 Å². The molecule has 0 aliphatic carbocycles. The summed E-state index contributed by atoms with van der Waals surface area (Å²) in [6.07, 6.45) is 1.68. The highest BCUT2D eigenvalue weighted by atomic mass is 19.1. The number of aromatic nitrogens is 5. The van der Waals surface area contributed by atoms with Gasteiger partial charge in [-0.2, -0.15) is 0 Å². The van der Waals surface area contributed by atoms with E-state index in [2.05, 4.69) is 71.3 Å². The molecule has 0 spiro atoms. The minimum atomic E-state index is -0.579. The van der Waals surface area contributed by atoms with E-state index >= 15 is 0 Å². The van der Waals surface area contributed by atoms with Gasteiger partial charge in [-0.3, -0.25) is 9.69 Å².